The highest BCUT2D eigenvalue weighted by Gasteiger charge is 2.39. The first-order valence-electron chi connectivity index (χ1n) is 6.33. The molecule has 0 aliphatic rings. The number of hydrogen-bond donors (Lipinski definition) is 1. The van der Waals surface area contributed by atoms with E-state index in [0.29, 0.717) is 0 Å². The number of rotatable bonds is 8. The van der Waals surface area contributed by atoms with Crippen molar-refractivity contribution >= 4 is 0 Å². The molecule has 0 bridgehead atoms. The van der Waals surface area contributed by atoms with Crippen LogP contribution in [-0.2, 0) is 0 Å². The summed E-state index contributed by atoms with van der Waals surface area (Å²) in [5, 5.41) is 0. The van der Waals surface area contributed by atoms with Crippen molar-refractivity contribution in [1.29, 1.82) is 0 Å². The van der Waals surface area contributed by atoms with Crippen LogP contribution >= 0.6 is 0 Å². The van der Waals surface area contributed by atoms with Crippen molar-refractivity contribution in [3.63, 3.8) is 0 Å². The minimum Gasteiger partial charge on any atom is -0.330 e. The van der Waals surface area contributed by atoms with Crippen molar-refractivity contribution in [3.05, 3.63) is 0 Å². The average Bonchev–Trinajstić information content (AvgIpc) is 2.20. The molecule has 2 nitrogen and oxygen atoms in total. The van der Waals surface area contributed by atoms with Gasteiger partial charge in [0.1, 0.15) is 0 Å². The number of hydrogen-bond acceptors (Lipinski definition) is 2. The molecule has 0 fully saturated rings. The molecule has 5 heteroatoms. The molecule has 104 valence electrons. The molecular weight excluding hydrogens is 229 g/mol. The van der Waals surface area contributed by atoms with Gasteiger partial charge in [0.15, 0.2) is 0 Å². The third-order valence-electron chi connectivity index (χ3n) is 2.98. The number of nitrogens with zero attached hydrogens (tertiary/aromatic N) is 1. The third kappa shape index (κ3) is 6.88. The van der Waals surface area contributed by atoms with Crippen LogP contribution in [0.5, 0.6) is 0 Å². The van der Waals surface area contributed by atoms with E-state index in [1.807, 2.05) is 18.7 Å². The van der Waals surface area contributed by atoms with E-state index in [2.05, 4.69) is 6.92 Å². The van der Waals surface area contributed by atoms with E-state index >= 15 is 0 Å². The predicted molar refractivity (Wildman–Crippen MR) is 64.8 cm³/mol. The van der Waals surface area contributed by atoms with Gasteiger partial charge in [0.2, 0.25) is 0 Å². The van der Waals surface area contributed by atoms with E-state index in [0.717, 1.165) is 25.8 Å². The molecule has 0 rings (SSSR count). The molecule has 0 heterocycles. The first kappa shape index (κ1) is 16.7. The average molecular weight is 254 g/mol. The smallest absolute Gasteiger partial charge is 0.330 e. The second-order valence-electron chi connectivity index (χ2n) is 4.77. The number of halogens is 3. The van der Waals surface area contributed by atoms with E-state index in [1.54, 1.807) is 0 Å². The fraction of sp³-hybridized carbons (Fsp3) is 1.00. The van der Waals surface area contributed by atoms with E-state index in [1.165, 1.54) is 0 Å². The van der Waals surface area contributed by atoms with Gasteiger partial charge in [-0.2, -0.15) is 13.2 Å². The van der Waals surface area contributed by atoms with Crippen molar-refractivity contribution < 1.29 is 13.2 Å². The first-order chi connectivity index (χ1) is 7.82. The highest BCUT2D eigenvalue weighted by atomic mass is 19.4. The molecule has 1 atom stereocenters. The maximum absolute atomic E-state index is 12.6. The summed E-state index contributed by atoms with van der Waals surface area (Å²) in [5.74, 6) is -1.41. The van der Waals surface area contributed by atoms with Gasteiger partial charge in [-0.3, -0.25) is 0 Å². The van der Waals surface area contributed by atoms with Gasteiger partial charge in [-0.25, -0.2) is 0 Å². The second kappa shape index (κ2) is 7.93. The lowest BCUT2D eigenvalue weighted by molar-refractivity contribution is -0.177. The molecule has 0 saturated carbocycles. The van der Waals surface area contributed by atoms with Crippen molar-refractivity contribution in [2.24, 2.45) is 11.7 Å². The lowest BCUT2D eigenvalue weighted by atomic mass is 10.1. The maximum atomic E-state index is 12.6. The molecular formula is C12H25F3N2. The van der Waals surface area contributed by atoms with Gasteiger partial charge in [-0.1, -0.05) is 19.8 Å². The number of alkyl halides is 3. The Morgan fingerprint density at radius 1 is 1.18 bits per heavy atom. The summed E-state index contributed by atoms with van der Waals surface area (Å²) in [6.45, 7) is 6.34. The Labute approximate surface area is 102 Å². The van der Waals surface area contributed by atoms with Gasteiger partial charge in [0, 0.05) is 19.1 Å². The lowest BCUT2D eigenvalue weighted by Crippen LogP contribution is -2.43. The van der Waals surface area contributed by atoms with E-state index in [9.17, 15) is 13.2 Å². The Kier molecular flexibility index (Phi) is 7.79. The van der Waals surface area contributed by atoms with Gasteiger partial charge in [0.05, 0.1) is 5.92 Å². The summed E-state index contributed by atoms with van der Waals surface area (Å²) >= 11 is 0. The van der Waals surface area contributed by atoms with Gasteiger partial charge < -0.3 is 10.6 Å². The van der Waals surface area contributed by atoms with Crippen molar-refractivity contribution in [1.82, 2.24) is 4.90 Å². The van der Waals surface area contributed by atoms with Gasteiger partial charge in [0.25, 0.3) is 0 Å². The monoisotopic (exact) mass is 254 g/mol. The molecule has 0 saturated heterocycles. The van der Waals surface area contributed by atoms with Crippen LogP contribution in [0.15, 0.2) is 0 Å². The second-order valence-corrected chi connectivity index (χ2v) is 4.77. The SMILES string of the molecule is CCCCCN(CC(CN)C(F)(F)F)C(C)C. The summed E-state index contributed by atoms with van der Waals surface area (Å²) in [6, 6.07) is 0.128. The Morgan fingerprint density at radius 2 is 1.76 bits per heavy atom. The van der Waals surface area contributed by atoms with Gasteiger partial charge in [-0.05, 0) is 26.8 Å². The zero-order chi connectivity index (χ0) is 13.5. The molecule has 2 N–H and O–H groups in total. The molecule has 0 spiro atoms. The van der Waals surface area contributed by atoms with Crippen LogP contribution in [0.2, 0.25) is 0 Å². The molecule has 0 radical (unpaired) electrons. The highest BCUT2D eigenvalue weighted by molar-refractivity contribution is 4.75. The largest absolute Gasteiger partial charge is 0.394 e. The summed E-state index contributed by atoms with van der Waals surface area (Å²) < 4.78 is 37.9. The van der Waals surface area contributed by atoms with Crippen molar-refractivity contribution in [3.8, 4) is 0 Å². The molecule has 0 aromatic carbocycles. The Bertz CT molecular complexity index is 193. The molecule has 1 unspecified atom stereocenters. The number of nitrogens with two attached hydrogens (primary N) is 1. The normalized spacial score (nSPS) is 14.6. The predicted octanol–water partition coefficient (Wildman–Crippen LogP) is 3.02. The molecule has 0 aliphatic heterocycles. The summed E-state index contributed by atoms with van der Waals surface area (Å²) in [7, 11) is 0. The van der Waals surface area contributed by atoms with Crippen molar-refractivity contribution in [2.45, 2.75) is 52.3 Å². The van der Waals surface area contributed by atoms with E-state index < -0.39 is 12.1 Å². The maximum Gasteiger partial charge on any atom is 0.394 e. The Balaban J connectivity index is 4.31. The molecule has 0 amide bonds. The molecule has 0 aromatic rings. The summed E-state index contributed by atoms with van der Waals surface area (Å²) in [6.07, 6.45) is -1.11. The van der Waals surface area contributed by atoms with Gasteiger partial charge >= 0.3 is 6.18 Å². The fourth-order valence-electron chi connectivity index (χ4n) is 1.72. The highest BCUT2D eigenvalue weighted by Crippen LogP contribution is 2.26. The quantitative estimate of drug-likeness (QED) is 0.675. The standard InChI is InChI=1S/C12H25F3N2/c1-4-5-6-7-17(10(2)3)9-11(8-16)12(13,14)15/h10-11H,4-9,16H2,1-3H3. The van der Waals surface area contributed by atoms with E-state index in [4.69, 9.17) is 5.73 Å². The first-order valence-corrected chi connectivity index (χ1v) is 6.33. The van der Waals surface area contributed by atoms with Crippen LogP contribution in [0.1, 0.15) is 40.0 Å². The van der Waals surface area contributed by atoms with Crippen LogP contribution in [-0.4, -0.2) is 36.8 Å². The van der Waals surface area contributed by atoms with Crippen LogP contribution in [0.3, 0.4) is 0 Å². The Hall–Kier alpha value is -0.290. The summed E-state index contributed by atoms with van der Waals surface area (Å²) in [4.78, 5) is 1.88. The third-order valence-corrected chi connectivity index (χ3v) is 2.98. The molecule has 0 aliphatic carbocycles. The topological polar surface area (TPSA) is 29.3 Å². The lowest BCUT2D eigenvalue weighted by Gasteiger charge is -2.31. The number of unbranched alkanes of at least 4 members (excludes halogenated alkanes) is 2. The Morgan fingerprint density at radius 3 is 2.12 bits per heavy atom. The minimum atomic E-state index is -4.19. The molecule has 17 heavy (non-hydrogen) atoms. The van der Waals surface area contributed by atoms with Crippen LogP contribution in [0, 0.1) is 5.92 Å². The zero-order valence-electron chi connectivity index (χ0n) is 11.1. The molecule has 0 aromatic heterocycles. The van der Waals surface area contributed by atoms with Crippen molar-refractivity contribution in [2.75, 3.05) is 19.6 Å². The zero-order valence-corrected chi connectivity index (χ0v) is 11.1. The van der Waals surface area contributed by atoms with Crippen LogP contribution in [0.25, 0.3) is 0 Å². The van der Waals surface area contributed by atoms with Crippen LogP contribution in [0.4, 0.5) is 13.2 Å². The van der Waals surface area contributed by atoms with Crippen LogP contribution < -0.4 is 5.73 Å². The van der Waals surface area contributed by atoms with Gasteiger partial charge in [-0.15, -0.1) is 0 Å². The summed E-state index contributed by atoms with van der Waals surface area (Å²) in [5.41, 5.74) is 5.22. The van der Waals surface area contributed by atoms with E-state index in [-0.39, 0.29) is 19.1 Å². The minimum absolute atomic E-state index is 0.0153. The fourth-order valence-corrected chi connectivity index (χ4v) is 1.72.